The van der Waals surface area contributed by atoms with E-state index in [1.165, 1.54) is 4.90 Å². The number of nitrogens with zero attached hydrogens (tertiary/aromatic N) is 3. The van der Waals surface area contributed by atoms with Crippen LogP contribution in [0.1, 0.15) is 55.3 Å². The predicted molar refractivity (Wildman–Crippen MR) is 112 cm³/mol. The van der Waals surface area contributed by atoms with Crippen molar-refractivity contribution in [1.82, 2.24) is 10.2 Å². The highest BCUT2D eigenvalue weighted by molar-refractivity contribution is 6.09. The molecular weight excluding hydrogens is 368 g/mol. The normalized spacial score (nSPS) is 21.6. The number of carbonyl (C=O) groups excluding carboxylic acids is 3. The van der Waals surface area contributed by atoms with E-state index in [-0.39, 0.29) is 36.3 Å². The molecule has 7 nitrogen and oxygen atoms in total. The summed E-state index contributed by atoms with van der Waals surface area (Å²) in [7, 11) is 3.42. The molecule has 3 aliphatic rings. The summed E-state index contributed by atoms with van der Waals surface area (Å²) < 4.78 is 0. The van der Waals surface area contributed by atoms with Crippen LogP contribution >= 0.6 is 0 Å². The summed E-state index contributed by atoms with van der Waals surface area (Å²) >= 11 is 0. The Hall–Kier alpha value is -2.57. The maximum atomic E-state index is 13.3. The number of nitrogens with one attached hydrogen (secondary N) is 1. The van der Waals surface area contributed by atoms with Gasteiger partial charge in [-0.05, 0) is 50.3 Å². The minimum Gasteiger partial charge on any atom is -0.358 e. The molecule has 4 rings (SSSR count). The van der Waals surface area contributed by atoms with Gasteiger partial charge in [-0.15, -0.1) is 0 Å². The molecule has 0 radical (unpaired) electrons. The fraction of sp³-hybridized carbons (Fsp3) is 0.591. The van der Waals surface area contributed by atoms with E-state index in [1.54, 1.807) is 25.1 Å². The minimum atomic E-state index is -0.217. The molecule has 1 N–H and O–H groups in total. The molecule has 3 amide bonds. The molecule has 2 aliphatic heterocycles. The van der Waals surface area contributed by atoms with Crippen LogP contribution in [0.3, 0.4) is 0 Å². The lowest BCUT2D eigenvalue weighted by Crippen LogP contribution is -2.57. The molecule has 2 fully saturated rings. The van der Waals surface area contributed by atoms with Crippen LogP contribution in [-0.2, 0) is 9.59 Å². The maximum Gasteiger partial charge on any atom is 0.253 e. The summed E-state index contributed by atoms with van der Waals surface area (Å²) in [4.78, 5) is 43.8. The van der Waals surface area contributed by atoms with Gasteiger partial charge in [-0.1, -0.05) is 12.8 Å². The lowest BCUT2D eigenvalue weighted by Gasteiger charge is -2.45. The van der Waals surface area contributed by atoms with Gasteiger partial charge in [-0.3, -0.25) is 19.3 Å². The van der Waals surface area contributed by atoms with Crippen molar-refractivity contribution in [2.45, 2.75) is 57.0 Å². The fourth-order valence-corrected chi connectivity index (χ4v) is 4.80. The van der Waals surface area contributed by atoms with Gasteiger partial charge in [0.05, 0.1) is 11.4 Å². The first-order valence-corrected chi connectivity index (χ1v) is 10.7. The number of hydrogen-bond acceptors (Lipinski definition) is 4. The SMILES string of the molecule is CN(C)C(=O)c1ccc2c(c1)N(CC(=O)NC1CCCC1)C(=O)C1CCCCN21. The van der Waals surface area contributed by atoms with Crippen LogP contribution in [-0.4, -0.2) is 61.9 Å². The van der Waals surface area contributed by atoms with E-state index >= 15 is 0 Å². The van der Waals surface area contributed by atoms with Crippen molar-refractivity contribution >= 4 is 29.1 Å². The highest BCUT2D eigenvalue weighted by Crippen LogP contribution is 2.40. The summed E-state index contributed by atoms with van der Waals surface area (Å²) in [6.07, 6.45) is 7.16. The number of hydrogen-bond donors (Lipinski definition) is 1. The molecule has 0 bridgehead atoms. The Bertz CT molecular complexity index is 816. The van der Waals surface area contributed by atoms with E-state index in [2.05, 4.69) is 10.2 Å². The van der Waals surface area contributed by atoms with Gasteiger partial charge in [-0.25, -0.2) is 0 Å². The van der Waals surface area contributed by atoms with Crippen molar-refractivity contribution in [3.63, 3.8) is 0 Å². The van der Waals surface area contributed by atoms with E-state index in [4.69, 9.17) is 0 Å². The second-order valence-electron chi connectivity index (χ2n) is 8.58. The van der Waals surface area contributed by atoms with Gasteiger partial charge in [0.1, 0.15) is 12.6 Å². The van der Waals surface area contributed by atoms with Gasteiger partial charge in [0.25, 0.3) is 5.91 Å². The van der Waals surface area contributed by atoms with Crippen molar-refractivity contribution in [3.05, 3.63) is 23.8 Å². The summed E-state index contributed by atoms with van der Waals surface area (Å²) in [6, 6.07) is 5.52. The molecule has 1 aromatic carbocycles. The van der Waals surface area contributed by atoms with Crippen LogP contribution in [0.15, 0.2) is 18.2 Å². The van der Waals surface area contributed by atoms with Gasteiger partial charge in [0.15, 0.2) is 0 Å². The predicted octanol–water partition coefficient (Wildman–Crippen LogP) is 2.15. The van der Waals surface area contributed by atoms with Gasteiger partial charge >= 0.3 is 0 Å². The zero-order valence-electron chi connectivity index (χ0n) is 17.3. The average molecular weight is 399 g/mol. The molecule has 1 atom stereocenters. The molecule has 2 heterocycles. The smallest absolute Gasteiger partial charge is 0.253 e. The Morgan fingerprint density at radius 1 is 1.07 bits per heavy atom. The van der Waals surface area contributed by atoms with Gasteiger partial charge in [-0.2, -0.15) is 0 Å². The lowest BCUT2D eigenvalue weighted by atomic mass is 9.95. The Morgan fingerprint density at radius 3 is 2.52 bits per heavy atom. The molecule has 1 saturated heterocycles. The number of anilines is 2. The molecule has 1 unspecified atom stereocenters. The molecule has 1 aromatic rings. The first-order chi connectivity index (χ1) is 14.0. The lowest BCUT2D eigenvalue weighted by molar-refractivity contribution is -0.125. The molecule has 29 heavy (non-hydrogen) atoms. The third kappa shape index (κ3) is 3.82. The average Bonchev–Trinajstić information content (AvgIpc) is 3.23. The topological polar surface area (TPSA) is 73.0 Å². The van der Waals surface area contributed by atoms with Crippen LogP contribution in [0.25, 0.3) is 0 Å². The highest BCUT2D eigenvalue weighted by Gasteiger charge is 2.40. The van der Waals surface area contributed by atoms with E-state index in [0.29, 0.717) is 11.3 Å². The van der Waals surface area contributed by atoms with Crippen molar-refractivity contribution in [1.29, 1.82) is 0 Å². The summed E-state index contributed by atoms with van der Waals surface area (Å²) in [5.74, 6) is -0.269. The van der Waals surface area contributed by atoms with Crippen LogP contribution in [0, 0.1) is 0 Å². The maximum absolute atomic E-state index is 13.3. The van der Waals surface area contributed by atoms with Crippen molar-refractivity contribution < 1.29 is 14.4 Å². The largest absolute Gasteiger partial charge is 0.358 e. The molecule has 1 saturated carbocycles. The zero-order valence-corrected chi connectivity index (χ0v) is 17.3. The van der Waals surface area contributed by atoms with Crippen LogP contribution in [0.4, 0.5) is 11.4 Å². The van der Waals surface area contributed by atoms with Crippen LogP contribution in [0.5, 0.6) is 0 Å². The van der Waals surface area contributed by atoms with Crippen molar-refractivity contribution in [3.8, 4) is 0 Å². The molecule has 0 spiro atoms. The summed E-state index contributed by atoms with van der Waals surface area (Å²) in [5.41, 5.74) is 2.14. The standard InChI is InChI=1S/C22H30N4O3/c1-24(2)21(28)15-10-11-17-19(13-15)26(14-20(27)23-16-7-3-4-8-16)22(29)18-9-5-6-12-25(17)18/h10-11,13,16,18H,3-9,12,14H2,1-2H3,(H,23,27). The Balaban J connectivity index is 1.65. The minimum absolute atomic E-state index is 0.00623. The summed E-state index contributed by atoms with van der Waals surface area (Å²) in [6.45, 7) is 0.832. The first-order valence-electron chi connectivity index (χ1n) is 10.7. The third-order valence-electron chi connectivity index (χ3n) is 6.30. The van der Waals surface area contributed by atoms with E-state index in [1.807, 2.05) is 12.1 Å². The van der Waals surface area contributed by atoms with Crippen LogP contribution < -0.4 is 15.1 Å². The van der Waals surface area contributed by atoms with Crippen molar-refractivity contribution in [2.75, 3.05) is 37.0 Å². The molecule has 1 aliphatic carbocycles. The number of amides is 3. The summed E-state index contributed by atoms with van der Waals surface area (Å²) in [5, 5.41) is 3.08. The van der Waals surface area contributed by atoms with Gasteiger partial charge < -0.3 is 15.1 Å². The highest BCUT2D eigenvalue weighted by atomic mass is 16.2. The third-order valence-corrected chi connectivity index (χ3v) is 6.30. The molecular formula is C22H30N4O3. The van der Waals surface area contributed by atoms with Gasteiger partial charge in [0, 0.05) is 32.2 Å². The Labute approximate surface area is 172 Å². The molecule has 156 valence electrons. The second-order valence-corrected chi connectivity index (χ2v) is 8.58. The zero-order chi connectivity index (χ0) is 20.5. The number of fused-ring (bicyclic) bond motifs is 3. The Kier molecular flexibility index (Phi) is 5.48. The number of benzene rings is 1. The number of rotatable bonds is 4. The van der Waals surface area contributed by atoms with E-state index in [9.17, 15) is 14.4 Å². The van der Waals surface area contributed by atoms with E-state index in [0.717, 1.165) is 57.2 Å². The molecule has 7 heteroatoms. The number of piperidine rings is 1. The second kappa shape index (κ2) is 8.05. The van der Waals surface area contributed by atoms with E-state index < -0.39 is 0 Å². The van der Waals surface area contributed by atoms with Gasteiger partial charge in [0.2, 0.25) is 11.8 Å². The first kappa shape index (κ1) is 19.7. The quantitative estimate of drug-likeness (QED) is 0.844. The molecule has 0 aromatic heterocycles. The fourth-order valence-electron chi connectivity index (χ4n) is 4.80. The Morgan fingerprint density at radius 2 is 1.79 bits per heavy atom. The number of carbonyl (C=O) groups is 3. The van der Waals surface area contributed by atoms with Crippen LogP contribution in [0.2, 0.25) is 0 Å². The van der Waals surface area contributed by atoms with Crippen molar-refractivity contribution in [2.24, 2.45) is 0 Å². The monoisotopic (exact) mass is 398 g/mol.